The fourth-order valence-corrected chi connectivity index (χ4v) is 6.68. The molecule has 0 saturated heterocycles. The molecule has 4 rings (SSSR count). The minimum Gasteiger partial charge on any atom is -0.301 e. The number of alkyl halides is 2. The maximum atomic E-state index is 13.7. The third-order valence-corrected chi connectivity index (χ3v) is 9.35. The second-order valence-corrected chi connectivity index (χ2v) is 12.6. The zero-order valence-corrected chi connectivity index (χ0v) is 19.2. The van der Waals surface area contributed by atoms with Gasteiger partial charge in [0.1, 0.15) is 12.3 Å². The normalized spacial score (nSPS) is 25.2. The van der Waals surface area contributed by atoms with Crippen LogP contribution >= 0.6 is 27.3 Å². The van der Waals surface area contributed by atoms with E-state index in [1.54, 1.807) is 18.3 Å². The number of aromatic nitrogens is 1. The minimum absolute atomic E-state index is 0.0852. The standard InChI is InChI=1S/C20H21BrF2N2O3S2/c21-18-10-24-20(29-18)25-19(26)15(7-11-8-16(22)17(23)9-11)12-1-3-13(4-2-12)30(27,28)14-5-6-14/h1-4,10-11,14-17H,5-9H2,(H,24,25,26)/t11?,15-,16?,17?/m1/s1. The maximum absolute atomic E-state index is 13.7. The Hall–Kier alpha value is -1.39. The van der Waals surface area contributed by atoms with Crippen molar-refractivity contribution in [2.24, 2.45) is 5.92 Å². The van der Waals surface area contributed by atoms with Crippen LogP contribution in [0.25, 0.3) is 0 Å². The van der Waals surface area contributed by atoms with E-state index in [4.69, 9.17) is 0 Å². The van der Waals surface area contributed by atoms with Gasteiger partial charge in [-0.2, -0.15) is 0 Å². The van der Waals surface area contributed by atoms with Crippen LogP contribution in [0.5, 0.6) is 0 Å². The number of benzene rings is 1. The first-order valence-electron chi connectivity index (χ1n) is 9.78. The van der Waals surface area contributed by atoms with E-state index in [2.05, 4.69) is 26.2 Å². The molecule has 1 heterocycles. The van der Waals surface area contributed by atoms with Crippen molar-refractivity contribution in [3.05, 3.63) is 39.8 Å². The quantitative estimate of drug-likeness (QED) is 0.556. The van der Waals surface area contributed by atoms with Crippen LogP contribution in [0.15, 0.2) is 39.1 Å². The summed E-state index contributed by atoms with van der Waals surface area (Å²) in [5, 5.41) is 2.87. The Balaban J connectivity index is 1.56. The van der Waals surface area contributed by atoms with E-state index >= 15 is 0 Å². The molecule has 2 aromatic rings. The van der Waals surface area contributed by atoms with Crippen molar-refractivity contribution in [3.63, 3.8) is 0 Å². The SMILES string of the molecule is O=C(Nc1ncc(Br)s1)[C@H](CC1CC(F)C(F)C1)c1ccc(S(=O)(=O)C2CC2)cc1. The first kappa shape index (κ1) is 21.8. The number of nitrogens with one attached hydrogen (secondary N) is 1. The molecule has 1 N–H and O–H groups in total. The largest absolute Gasteiger partial charge is 0.301 e. The van der Waals surface area contributed by atoms with E-state index in [0.29, 0.717) is 23.5 Å². The molecule has 1 aromatic carbocycles. The van der Waals surface area contributed by atoms with E-state index in [1.165, 1.54) is 23.5 Å². The van der Waals surface area contributed by atoms with Crippen molar-refractivity contribution < 1.29 is 22.0 Å². The molecule has 162 valence electrons. The van der Waals surface area contributed by atoms with Gasteiger partial charge in [0.25, 0.3) is 0 Å². The Morgan fingerprint density at radius 1 is 1.20 bits per heavy atom. The molecule has 1 amide bonds. The van der Waals surface area contributed by atoms with Gasteiger partial charge in [-0.15, -0.1) is 0 Å². The Morgan fingerprint density at radius 3 is 2.37 bits per heavy atom. The van der Waals surface area contributed by atoms with E-state index < -0.39 is 28.1 Å². The molecule has 2 saturated carbocycles. The third kappa shape index (κ3) is 4.75. The van der Waals surface area contributed by atoms with Crippen LogP contribution in [0, 0.1) is 5.92 Å². The van der Waals surface area contributed by atoms with Crippen molar-refractivity contribution in [2.75, 3.05) is 5.32 Å². The number of carbonyl (C=O) groups excluding carboxylic acids is 1. The smallest absolute Gasteiger partial charge is 0.233 e. The molecule has 0 spiro atoms. The summed E-state index contributed by atoms with van der Waals surface area (Å²) in [6.45, 7) is 0. The number of anilines is 1. The molecule has 2 fully saturated rings. The minimum atomic E-state index is -3.32. The molecule has 0 radical (unpaired) electrons. The van der Waals surface area contributed by atoms with Gasteiger partial charge in [-0.25, -0.2) is 22.2 Å². The molecule has 2 aliphatic rings. The second-order valence-electron chi connectivity index (χ2n) is 7.93. The lowest BCUT2D eigenvalue weighted by molar-refractivity contribution is -0.118. The summed E-state index contributed by atoms with van der Waals surface area (Å²) in [5.74, 6) is -1.25. The summed E-state index contributed by atoms with van der Waals surface area (Å²) in [4.78, 5) is 17.3. The van der Waals surface area contributed by atoms with Crippen LogP contribution in [-0.4, -0.2) is 36.9 Å². The molecule has 30 heavy (non-hydrogen) atoms. The highest BCUT2D eigenvalue weighted by Crippen LogP contribution is 2.39. The number of carbonyl (C=O) groups is 1. The second kappa shape index (κ2) is 8.63. The zero-order valence-electron chi connectivity index (χ0n) is 15.9. The average Bonchev–Trinajstić information content (AvgIpc) is 3.42. The lowest BCUT2D eigenvalue weighted by Crippen LogP contribution is -2.23. The van der Waals surface area contributed by atoms with Crippen molar-refractivity contribution in [3.8, 4) is 0 Å². The molecule has 0 bridgehead atoms. The summed E-state index contributed by atoms with van der Waals surface area (Å²) < 4.78 is 53.0. The van der Waals surface area contributed by atoms with E-state index in [0.717, 1.165) is 3.79 Å². The molecule has 10 heteroatoms. The number of sulfone groups is 1. The number of nitrogens with zero attached hydrogens (tertiary/aromatic N) is 1. The molecule has 5 nitrogen and oxygen atoms in total. The summed E-state index contributed by atoms with van der Waals surface area (Å²) >= 11 is 4.56. The van der Waals surface area contributed by atoms with Crippen molar-refractivity contribution in [1.82, 2.24) is 4.98 Å². The fourth-order valence-electron chi connectivity index (χ4n) is 3.91. The van der Waals surface area contributed by atoms with Crippen LogP contribution in [0.4, 0.5) is 13.9 Å². The topological polar surface area (TPSA) is 76.1 Å². The van der Waals surface area contributed by atoms with Crippen molar-refractivity contribution >= 4 is 48.1 Å². The summed E-state index contributed by atoms with van der Waals surface area (Å²) in [6, 6.07) is 6.31. The fraction of sp³-hybridized carbons (Fsp3) is 0.500. The van der Waals surface area contributed by atoms with Crippen LogP contribution in [0.1, 0.15) is 43.6 Å². The summed E-state index contributed by atoms with van der Waals surface area (Å²) in [6.07, 6.45) is 0.381. The van der Waals surface area contributed by atoms with Crippen LogP contribution in [0.3, 0.4) is 0 Å². The van der Waals surface area contributed by atoms with Gasteiger partial charge >= 0.3 is 0 Å². The molecule has 3 atom stereocenters. The number of rotatable bonds is 7. The van der Waals surface area contributed by atoms with Crippen LogP contribution in [0.2, 0.25) is 0 Å². The van der Waals surface area contributed by atoms with Gasteiger partial charge in [0.2, 0.25) is 5.91 Å². The van der Waals surface area contributed by atoms with Crippen LogP contribution in [-0.2, 0) is 14.6 Å². The predicted octanol–water partition coefficient (Wildman–Crippen LogP) is 5.04. The van der Waals surface area contributed by atoms with Gasteiger partial charge in [-0.1, -0.05) is 23.5 Å². The average molecular weight is 519 g/mol. The van der Waals surface area contributed by atoms with E-state index in [9.17, 15) is 22.0 Å². The van der Waals surface area contributed by atoms with Gasteiger partial charge in [0.05, 0.1) is 26.0 Å². The van der Waals surface area contributed by atoms with Gasteiger partial charge in [0.15, 0.2) is 15.0 Å². The Bertz CT molecular complexity index is 1010. The summed E-state index contributed by atoms with van der Waals surface area (Å²) in [7, 11) is -3.32. The predicted molar refractivity (Wildman–Crippen MR) is 115 cm³/mol. The summed E-state index contributed by atoms with van der Waals surface area (Å²) in [5.41, 5.74) is 0.621. The number of thiazole rings is 1. The highest BCUT2D eigenvalue weighted by molar-refractivity contribution is 9.11. The number of amides is 1. The molecule has 0 aliphatic heterocycles. The Kier molecular flexibility index (Phi) is 6.28. The molecular weight excluding hydrogens is 498 g/mol. The highest BCUT2D eigenvalue weighted by atomic mass is 79.9. The lowest BCUT2D eigenvalue weighted by atomic mass is 9.87. The molecule has 2 aliphatic carbocycles. The van der Waals surface area contributed by atoms with Crippen LogP contribution < -0.4 is 5.32 Å². The first-order valence-corrected chi connectivity index (χ1v) is 12.9. The Morgan fingerprint density at radius 2 is 1.83 bits per heavy atom. The van der Waals surface area contributed by atoms with Gasteiger partial charge in [-0.3, -0.25) is 4.79 Å². The van der Waals surface area contributed by atoms with Gasteiger partial charge < -0.3 is 5.32 Å². The van der Waals surface area contributed by atoms with E-state index in [-0.39, 0.29) is 41.2 Å². The first-order chi connectivity index (χ1) is 14.2. The zero-order chi connectivity index (χ0) is 21.5. The van der Waals surface area contributed by atoms with Crippen molar-refractivity contribution in [2.45, 2.75) is 60.5 Å². The highest BCUT2D eigenvalue weighted by Gasteiger charge is 2.38. The maximum Gasteiger partial charge on any atom is 0.233 e. The molecule has 1 aromatic heterocycles. The van der Waals surface area contributed by atoms with Crippen molar-refractivity contribution in [1.29, 1.82) is 0 Å². The van der Waals surface area contributed by atoms with Gasteiger partial charge in [0, 0.05) is 0 Å². The Labute approximate surface area is 186 Å². The van der Waals surface area contributed by atoms with E-state index in [1.807, 2.05) is 0 Å². The monoisotopic (exact) mass is 518 g/mol. The number of hydrogen-bond donors (Lipinski definition) is 1. The molecule has 2 unspecified atom stereocenters. The lowest BCUT2D eigenvalue weighted by Gasteiger charge is -2.20. The number of hydrogen-bond acceptors (Lipinski definition) is 5. The third-order valence-electron chi connectivity index (χ3n) is 5.68. The molecular formula is C20H21BrF2N2O3S2. The number of halogens is 3. The van der Waals surface area contributed by atoms with Gasteiger partial charge in [-0.05, 0) is 71.6 Å².